The van der Waals surface area contributed by atoms with Crippen LogP contribution in [0.15, 0.2) is 23.4 Å². The van der Waals surface area contributed by atoms with E-state index < -0.39 is 10.0 Å². The average molecular weight is 301 g/mol. The summed E-state index contributed by atoms with van der Waals surface area (Å²) in [6.45, 7) is 4.55. The maximum atomic E-state index is 12.4. The zero-order valence-electron chi connectivity index (χ0n) is 12.3. The number of nitrogens with one attached hydrogen (secondary N) is 2. The Morgan fingerprint density at radius 1 is 1.40 bits per heavy atom. The van der Waals surface area contributed by atoms with Crippen LogP contribution < -0.4 is 16.0 Å². The third-order valence-electron chi connectivity index (χ3n) is 2.85. The number of pyridine rings is 1. The second-order valence-corrected chi connectivity index (χ2v) is 6.86. The van der Waals surface area contributed by atoms with E-state index >= 15 is 0 Å². The lowest BCUT2D eigenvalue weighted by Gasteiger charge is -2.25. The monoisotopic (exact) mass is 301 g/mol. The molecule has 1 rings (SSSR count). The van der Waals surface area contributed by atoms with Crippen molar-refractivity contribution in [1.82, 2.24) is 14.6 Å². The maximum Gasteiger partial charge on any atom is 0.260 e. The van der Waals surface area contributed by atoms with Gasteiger partial charge in [0.1, 0.15) is 0 Å². The quantitative estimate of drug-likeness (QED) is 0.492. The minimum Gasteiger partial charge on any atom is -0.321 e. The molecule has 0 amide bonds. The van der Waals surface area contributed by atoms with E-state index in [4.69, 9.17) is 5.84 Å². The Balaban J connectivity index is 3.03. The molecule has 1 aromatic heterocycles. The number of aromatic nitrogens is 1. The molecule has 0 spiro atoms. The van der Waals surface area contributed by atoms with Gasteiger partial charge in [-0.1, -0.05) is 13.8 Å². The van der Waals surface area contributed by atoms with Crippen molar-refractivity contribution in [3.05, 3.63) is 18.3 Å². The highest BCUT2D eigenvalue weighted by Gasteiger charge is 2.26. The number of nitrogens with two attached hydrogens (primary N) is 1. The molecule has 20 heavy (non-hydrogen) atoms. The molecule has 7 nitrogen and oxygen atoms in total. The Labute approximate surface area is 120 Å². The number of nitrogens with zero attached hydrogens (tertiary/aromatic N) is 2. The predicted molar refractivity (Wildman–Crippen MR) is 79.5 cm³/mol. The molecular formula is C12H23N5O2S. The number of anilines is 1. The Kier molecular flexibility index (Phi) is 5.88. The van der Waals surface area contributed by atoms with Gasteiger partial charge in [-0.3, -0.25) is 5.84 Å². The minimum atomic E-state index is -3.72. The van der Waals surface area contributed by atoms with Crippen molar-refractivity contribution in [2.45, 2.75) is 24.9 Å². The molecule has 0 fully saturated rings. The molecule has 4 N–H and O–H groups in total. The number of likely N-dealkylation sites (N-methyl/N-ethyl adjacent to an activating group) is 1. The summed E-state index contributed by atoms with van der Waals surface area (Å²) < 4.78 is 27.5. The summed E-state index contributed by atoms with van der Waals surface area (Å²) in [5.74, 6) is 5.49. The van der Waals surface area contributed by atoms with Crippen molar-refractivity contribution < 1.29 is 8.42 Å². The molecule has 1 unspecified atom stereocenters. The molecule has 114 valence electrons. The van der Waals surface area contributed by atoms with Gasteiger partial charge in [0.25, 0.3) is 10.0 Å². The number of sulfonamides is 1. The summed E-state index contributed by atoms with van der Waals surface area (Å²) in [5, 5.41) is -0.0908. The molecule has 0 saturated heterocycles. The first-order valence-electron chi connectivity index (χ1n) is 6.36. The molecule has 0 aromatic carbocycles. The SMILES string of the molecule is CC(C)C(CN(C)C)NS(=O)(=O)c1ncccc1NN. The topological polar surface area (TPSA) is 100 Å². The first-order valence-corrected chi connectivity index (χ1v) is 7.85. The highest BCUT2D eigenvalue weighted by atomic mass is 32.2. The second-order valence-electron chi connectivity index (χ2n) is 5.23. The molecular weight excluding hydrogens is 278 g/mol. The van der Waals surface area contributed by atoms with Crippen LogP contribution in [-0.2, 0) is 10.0 Å². The first kappa shape index (κ1) is 16.8. The summed E-state index contributed by atoms with van der Waals surface area (Å²) in [5.41, 5.74) is 2.62. The lowest BCUT2D eigenvalue weighted by atomic mass is 10.1. The van der Waals surface area contributed by atoms with E-state index in [1.54, 1.807) is 12.1 Å². The van der Waals surface area contributed by atoms with Crippen molar-refractivity contribution in [2.24, 2.45) is 11.8 Å². The maximum absolute atomic E-state index is 12.4. The van der Waals surface area contributed by atoms with Crippen LogP contribution in [0.4, 0.5) is 5.69 Å². The van der Waals surface area contributed by atoms with Gasteiger partial charge >= 0.3 is 0 Å². The van der Waals surface area contributed by atoms with Gasteiger partial charge in [-0.25, -0.2) is 18.1 Å². The summed E-state index contributed by atoms with van der Waals surface area (Å²) in [4.78, 5) is 5.84. The normalized spacial score (nSPS) is 13.8. The fourth-order valence-electron chi connectivity index (χ4n) is 1.75. The molecule has 1 aromatic rings. The molecule has 0 aliphatic carbocycles. The Morgan fingerprint density at radius 2 is 2.05 bits per heavy atom. The number of nitrogen functional groups attached to an aromatic ring is 1. The van der Waals surface area contributed by atoms with E-state index in [9.17, 15) is 8.42 Å². The van der Waals surface area contributed by atoms with Crippen LogP contribution in [0.1, 0.15) is 13.8 Å². The van der Waals surface area contributed by atoms with Crippen molar-refractivity contribution in [3.63, 3.8) is 0 Å². The first-order chi connectivity index (χ1) is 9.27. The second kappa shape index (κ2) is 6.98. The highest BCUT2D eigenvalue weighted by Crippen LogP contribution is 2.18. The molecule has 1 heterocycles. The Morgan fingerprint density at radius 3 is 2.55 bits per heavy atom. The van der Waals surface area contributed by atoms with Crippen LogP contribution >= 0.6 is 0 Å². The molecule has 8 heteroatoms. The molecule has 0 aliphatic heterocycles. The van der Waals surface area contributed by atoms with E-state index in [2.05, 4.69) is 15.1 Å². The zero-order valence-corrected chi connectivity index (χ0v) is 13.1. The lowest BCUT2D eigenvalue weighted by molar-refractivity contribution is 0.314. The van der Waals surface area contributed by atoms with Gasteiger partial charge in [-0.05, 0) is 32.1 Å². The lowest BCUT2D eigenvalue weighted by Crippen LogP contribution is -2.45. The van der Waals surface area contributed by atoms with E-state index in [0.29, 0.717) is 6.54 Å². The van der Waals surface area contributed by atoms with Crippen molar-refractivity contribution >= 4 is 15.7 Å². The molecule has 1 atom stereocenters. The fraction of sp³-hybridized carbons (Fsp3) is 0.583. The van der Waals surface area contributed by atoms with Gasteiger partial charge in [0.15, 0.2) is 5.03 Å². The number of hydrazine groups is 1. The molecule has 0 bridgehead atoms. The van der Waals surface area contributed by atoms with Crippen LogP contribution in [0.3, 0.4) is 0 Å². The van der Waals surface area contributed by atoms with Crippen molar-refractivity contribution in [3.8, 4) is 0 Å². The predicted octanol–water partition coefficient (Wildman–Crippen LogP) is 0.232. The van der Waals surface area contributed by atoms with Crippen LogP contribution in [0.5, 0.6) is 0 Å². The van der Waals surface area contributed by atoms with Gasteiger partial charge in [-0.15, -0.1) is 0 Å². The van der Waals surface area contributed by atoms with E-state index in [0.717, 1.165) is 0 Å². The van der Waals surface area contributed by atoms with E-state index in [1.807, 2.05) is 32.8 Å². The number of rotatable bonds is 7. The molecule has 0 radical (unpaired) electrons. The van der Waals surface area contributed by atoms with Crippen LogP contribution in [-0.4, -0.2) is 45.0 Å². The van der Waals surface area contributed by atoms with Gasteiger partial charge in [0, 0.05) is 18.8 Å². The minimum absolute atomic E-state index is 0.0908. The van der Waals surface area contributed by atoms with Crippen molar-refractivity contribution in [1.29, 1.82) is 0 Å². The number of hydrogen-bond donors (Lipinski definition) is 3. The van der Waals surface area contributed by atoms with Crippen LogP contribution in [0.25, 0.3) is 0 Å². The van der Waals surface area contributed by atoms with Gasteiger partial charge < -0.3 is 10.3 Å². The summed E-state index contributed by atoms with van der Waals surface area (Å²) in [6, 6.07) is 2.98. The molecule has 0 aliphatic rings. The fourth-order valence-corrected chi connectivity index (χ4v) is 3.22. The summed E-state index contributed by atoms with van der Waals surface area (Å²) in [7, 11) is 0.0771. The third-order valence-corrected chi connectivity index (χ3v) is 4.30. The largest absolute Gasteiger partial charge is 0.321 e. The molecule has 0 saturated carbocycles. The van der Waals surface area contributed by atoms with Crippen LogP contribution in [0, 0.1) is 5.92 Å². The highest BCUT2D eigenvalue weighted by molar-refractivity contribution is 7.89. The van der Waals surface area contributed by atoms with Crippen molar-refractivity contribution in [2.75, 3.05) is 26.1 Å². The van der Waals surface area contributed by atoms with Crippen LogP contribution in [0.2, 0.25) is 0 Å². The third kappa shape index (κ3) is 4.41. The van der Waals surface area contributed by atoms with Gasteiger partial charge in [0.05, 0.1) is 5.69 Å². The zero-order chi connectivity index (χ0) is 15.3. The smallest absolute Gasteiger partial charge is 0.260 e. The van der Waals surface area contributed by atoms with Gasteiger partial charge in [-0.2, -0.15) is 0 Å². The Bertz CT molecular complexity index is 530. The summed E-state index contributed by atoms with van der Waals surface area (Å²) in [6.07, 6.45) is 1.42. The standard InChI is InChI=1S/C12H23N5O2S/c1-9(2)11(8-17(3)4)16-20(18,19)12-10(15-13)6-5-7-14-12/h5-7,9,11,15-16H,8,13H2,1-4H3. The summed E-state index contributed by atoms with van der Waals surface area (Å²) >= 11 is 0. The average Bonchev–Trinajstić information content (AvgIpc) is 2.37. The van der Waals surface area contributed by atoms with E-state index in [1.165, 1.54) is 6.20 Å². The Hall–Kier alpha value is -1.22. The number of hydrogen-bond acceptors (Lipinski definition) is 6. The van der Waals surface area contributed by atoms with E-state index in [-0.39, 0.29) is 22.7 Å². The van der Waals surface area contributed by atoms with Gasteiger partial charge in [0.2, 0.25) is 0 Å².